The fourth-order valence-electron chi connectivity index (χ4n) is 6.35. The number of fused-ring (bicyclic) bond motifs is 3. The van der Waals surface area contributed by atoms with Gasteiger partial charge in [-0.1, -0.05) is 41.0 Å². The molecule has 6 heteroatoms. The first-order valence-corrected chi connectivity index (χ1v) is 12.3. The Labute approximate surface area is 197 Å². The van der Waals surface area contributed by atoms with Gasteiger partial charge in [-0.2, -0.15) is 0 Å². The maximum absolute atomic E-state index is 13.8. The molecular weight excluding hydrogens is 420 g/mol. The third-order valence-electron chi connectivity index (χ3n) is 8.37. The molecule has 2 saturated carbocycles. The van der Waals surface area contributed by atoms with E-state index in [1.165, 1.54) is 0 Å². The Morgan fingerprint density at radius 3 is 2.36 bits per heavy atom. The summed E-state index contributed by atoms with van der Waals surface area (Å²) in [4.78, 5) is 27.3. The van der Waals surface area contributed by atoms with Crippen LogP contribution in [0.15, 0.2) is 12.1 Å². The first-order valence-electron chi connectivity index (χ1n) is 12.3. The molecule has 0 amide bonds. The van der Waals surface area contributed by atoms with Crippen LogP contribution in [0.1, 0.15) is 71.8 Å². The molecule has 6 atom stereocenters. The van der Waals surface area contributed by atoms with Crippen LogP contribution >= 0.6 is 0 Å². The minimum absolute atomic E-state index is 0.151. The van der Waals surface area contributed by atoms with Crippen molar-refractivity contribution in [3.8, 4) is 17.2 Å². The highest BCUT2D eigenvalue weighted by Gasteiger charge is 2.70. The first kappa shape index (κ1) is 23.9. The van der Waals surface area contributed by atoms with Crippen molar-refractivity contribution in [1.82, 2.24) is 0 Å². The number of rotatable bonds is 6. The Hall–Kier alpha value is -2.24. The average molecular weight is 459 g/mol. The van der Waals surface area contributed by atoms with E-state index >= 15 is 0 Å². The third kappa shape index (κ3) is 3.79. The molecule has 1 aromatic carbocycles. The van der Waals surface area contributed by atoms with Gasteiger partial charge >= 0.3 is 11.9 Å². The third-order valence-corrected chi connectivity index (χ3v) is 8.37. The van der Waals surface area contributed by atoms with E-state index in [4.69, 9.17) is 18.9 Å². The van der Waals surface area contributed by atoms with Crippen molar-refractivity contribution in [2.75, 3.05) is 14.2 Å². The zero-order chi connectivity index (χ0) is 24.1. The molecule has 0 N–H and O–H groups in total. The SMILES string of the molecule is COc1cc(OC)c2c(c1)OC(=O)C1(C(=O)O[C@@H]3C[C@H](C)CC[C@H]3C(C)C)CC(C(C)C)C21. The normalized spacial score (nSPS) is 33.0. The smallest absolute Gasteiger partial charge is 0.329 e. The van der Waals surface area contributed by atoms with Crippen LogP contribution in [0, 0.1) is 35.0 Å². The van der Waals surface area contributed by atoms with Crippen molar-refractivity contribution in [1.29, 1.82) is 0 Å². The second-order valence-electron chi connectivity index (χ2n) is 11.0. The van der Waals surface area contributed by atoms with Crippen molar-refractivity contribution in [2.45, 2.75) is 72.3 Å². The Morgan fingerprint density at radius 1 is 1.06 bits per heavy atom. The number of hydrogen-bond acceptors (Lipinski definition) is 6. The second kappa shape index (κ2) is 8.84. The molecule has 0 saturated heterocycles. The summed E-state index contributed by atoms with van der Waals surface area (Å²) in [5.74, 6) is 1.94. The summed E-state index contributed by atoms with van der Waals surface area (Å²) >= 11 is 0. The van der Waals surface area contributed by atoms with Gasteiger partial charge in [-0.3, -0.25) is 9.59 Å². The largest absolute Gasteiger partial charge is 0.496 e. The van der Waals surface area contributed by atoms with Crippen LogP contribution in [0.25, 0.3) is 0 Å². The van der Waals surface area contributed by atoms with Crippen LogP contribution in [0.5, 0.6) is 17.2 Å². The number of esters is 2. The molecule has 3 unspecified atom stereocenters. The predicted octanol–water partition coefficient (Wildman–Crippen LogP) is 5.37. The Morgan fingerprint density at radius 2 is 1.76 bits per heavy atom. The number of carbonyl (C=O) groups excluding carboxylic acids is 2. The van der Waals surface area contributed by atoms with Crippen LogP contribution in [-0.2, 0) is 14.3 Å². The molecule has 2 fully saturated rings. The summed E-state index contributed by atoms with van der Waals surface area (Å²) in [6, 6.07) is 3.50. The van der Waals surface area contributed by atoms with Crippen LogP contribution in [0.4, 0.5) is 0 Å². The molecule has 182 valence electrons. The number of methoxy groups -OCH3 is 2. The molecule has 3 aliphatic rings. The van der Waals surface area contributed by atoms with E-state index in [-0.39, 0.29) is 17.9 Å². The van der Waals surface area contributed by atoms with Crippen LogP contribution in [0.3, 0.4) is 0 Å². The van der Waals surface area contributed by atoms with Gasteiger partial charge < -0.3 is 18.9 Å². The van der Waals surface area contributed by atoms with Gasteiger partial charge in [0.2, 0.25) is 0 Å². The van der Waals surface area contributed by atoms with E-state index in [0.717, 1.165) is 24.8 Å². The molecule has 2 aliphatic carbocycles. The molecule has 6 nitrogen and oxygen atoms in total. The topological polar surface area (TPSA) is 71.1 Å². The van der Waals surface area contributed by atoms with Gasteiger partial charge in [-0.15, -0.1) is 0 Å². The van der Waals surface area contributed by atoms with Gasteiger partial charge in [0.1, 0.15) is 23.4 Å². The van der Waals surface area contributed by atoms with Gasteiger partial charge in [0, 0.05) is 23.6 Å². The lowest BCUT2D eigenvalue weighted by Crippen LogP contribution is -2.62. The lowest BCUT2D eigenvalue weighted by molar-refractivity contribution is -0.194. The number of hydrogen-bond donors (Lipinski definition) is 0. The fourth-order valence-corrected chi connectivity index (χ4v) is 6.35. The van der Waals surface area contributed by atoms with E-state index in [2.05, 4.69) is 34.6 Å². The lowest BCUT2D eigenvalue weighted by atomic mass is 9.48. The minimum atomic E-state index is -1.31. The summed E-state index contributed by atoms with van der Waals surface area (Å²) in [6.45, 7) is 10.8. The summed E-state index contributed by atoms with van der Waals surface area (Å²) in [7, 11) is 3.15. The quantitative estimate of drug-likeness (QED) is 0.324. The second-order valence-corrected chi connectivity index (χ2v) is 11.0. The van der Waals surface area contributed by atoms with Crippen LogP contribution < -0.4 is 14.2 Å². The Balaban J connectivity index is 1.73. The molecular formula is C27H38O6. The predicted molar refractivity (Wildman–Crippen MR) is 125 cm³/mol. The monoisotopic (exact) mass is 458 g/mol. The van der Waals surface area contributed by atoms with E-state index in [0.29, 0.717) is 47.3 Å². The highest BCUT2D eigenvalue weighted by atomic mass is 16.6. The first-order chi connectivity index (χ1) is 15.6. The van der Waals surface area contributed by atoms with Crippen molar-refractivity contribution in [3.63, 3.8) is 0 Å². The lowest BCUT2D eigenvalue weighted by Gasteiger charge is -2.55. The average Bonchev–Trinajstić information content (AvgIpc) is 2.73. The van der Waals surface area contributed by atoms with Gasteiger partial charge in [0.15, 0.2) is 5.41 Å². The van der Waals surface area contributed by atoms with E-state index in [9.17, 15) is 9.59 Å². The highest BCUT2D eigenvalue weighted by molar-refractivity contribution is 6.05. The summed E-state index contributed by atoms with van der Waals surface area (Å²) < 4.78 is 23.1. The van der Waals surface area contributed by atoms with Crippen LogP contribution in [-0.4, -0.2) is 32.3 Å². The van der Waals surface area contributed by atoms with Crippen molar-refractivity contribution in [3.05, 3.63) is 17.7 Å². The molecule has 1 aromatic rings. The van der Waals surface area contributed by atoms with Crippen LogP contribution in [0.2, 0.25) is 0 Å². The zero-order valence-corrected chi connectivity index (χ0v) is 21.0. The van der Waals surface area contributed by atoms with Gasteiger partial charge in [0.25, 0.3) is 0 Å². The van der Waals surface area contributed by atoms with Gasteiger partial charge in [-0.25, -0.2) is 0 Å². The van der Waals surface area contributed by atoms with Gasteiger partial charge in [-0.05, 0) is 48.9 Å². The molecule has 0 radical (unpaired) electrons. The number of ether oxygens (including phenoxy) is 4. The number of benzene rings is 1. The van der Waals surface area contributed by atoms with Crippen molar-refractivity contribution >= 4 is 11.9 Å². The molecule has 1 heterocycles. The van der Waals surface area contributed by atoms with Crippen molar-refractivity contribution in [2.24, 2.45) is 35.0 Å². The summed E-state index contributed by atoms with van der Waals surface area (Å²) in [6.07, 6.45) is 3.31. The molecule has 33 heavy (non-hydrogen) atoms. The van der Waals surface area contributed by atoms with E-state index in [1.807, 2.05) is 0 Å². The molecule has 4 rings (SSSR count). The highest BCUT2D eigenvalue weighted by Crippen LogP contribution is 2.66. The maximum atomic E-state index is 13.8. The number of carbonyl (C=O) groups is 2. The summed E-state index contributed by atoms with van der Waals surface area (Å²) in [5.41, 5.74) is -0.538. The minimum Gasteiger partial charge on any atom is -0.496 e. The zero-order valence-electron chi connectivity index (χ0n) is 21.0. The Kier molecular flexibility index (Phi) is 6.41. The molecule has 0 aromatic heterocycles. The van der Waals surface area contributed by atoms with Crippen molar-refractivity contribution < 1.29 is 28.5 Å². The molecule has 1 aliphatic heterocycles. The molecule has 0 spiro atoms. The van der Waals surface area contributed by atoms with E-state index < -0.39 is 17.4 Å². The summed E-state index contributed by atoms with van der Waals surface area (Å²) in [5, 5.41) is 0. The maximum Gasteiger partial charge on any atom is 0.329 e. The molecule has 0 bridgehead atoms. The van der Waals surface area contributed by atoms with E-state index in [1.54, 1.807) is 26.4 Å². The Bertz CT molecular complexity index is 921. The van der Waals surface area contributed by atoms with Gasteiger partial charge in [0.05, 0.1) is 14.2 Å². The fraction of sp³-hybridized carbons (Fsp3) is 0.704. The standard InChI is InChI=1S/C27H38O6/c1-14(2)18-9-8-16(5)10-20(18)32-25(28)27-13-19(15(3)4)24(27)23-21(31-7)11-17(30-6)12-22(23)33-26(27)29/h11-12,14-16,18-20,24H,8-10,13H2,1-7H3/t16-,18+,19?,20-,24?,27?/m1/s1.